The molecule has 0 aliphatic carbocycles. The fourth-order valence-corrected chi connectivity index (χ4v) is 3.13. The van der Waals surface area contributed by atoms with Crippen LogP contribution in [-0.2, 0) is 6.54 Å². The van der Waals surface area contributed by atoms with Crippen molar-refractivity contribution in [3.05, 3.63) is 52.5 Å². The van der Waals surface area contributed by atoms with Crippen molar-refractivity contribution in [1.29, 1.82) is 0 Å². The maximum Gasteiger partial charge on any atom is 0.0501 e. The lowest BCUT2D eigenvalue weighted by Gasteiger charge is -2.32. The number of nitrogens with zero attached hydrogens (tertiary/aromatic N) is 2. The summed E-state index contributed by atoms with van der Waals surface area (Å²) in [5, 5.41) is 2.12. The van der Waals surface area contributed by atoms with Crippen LogP contribution in [0.2, 0.25) is 0 Å². The first-order valence-corrected chi connectivity index (χ1v) is 7.48. The monoisotopic (exact) mass is 275 g/mol. The molecule has 2 aromatic rings. The molecule has 0 saturated heterocycles. The lowest BCUT2D eigenvalue weighted by molar-refractivity contribution is 0.203. The summed E-state index contributed by atoms with van der Waals surface area (Å²) in [5.41, 5.74) is 7.56. The van der Waals surface area contributed by atoms with Crippen LogP contribution in [0, 0.1) is 0 Å². The average Bonchev–Trinajstić information content (AvgIpc) is 2.93. The number of pyridine rings is 1. The number of hydrogen-bond acceptors (Lipinski definition) is 4. The largest absolute Gasteiger partial charge is 0.326 e. The molecular formula is C15H21N3S. The van der Waals surface area contributed by atoms with Crippen molar-refractivity contribution in [1.82, 2.24) is 9.88 Å². The first kappa shape index (κ1) is 14.2. The number of likely N-dealkylation sites (N-methyl/N-ethyl adjacent to an activating group) is 1. The van der Waals surface area contributed by atoms with Gasteiger partial charge in [-0.05, 0) is 42.6 Å². The van der Waals surface area contributed by atoms with Crippen LogP contribution < -0.4 is 5.73 Å². The van der Waals surface area contributed by atoms with Crippen LogP contribution in [0.3, 0.4) is 0 Å². The summed E-state index contributed by atoms with van der Waals surface area (Å²) in [7, 11) is 2.14. The second-order valence-electron chi connectivity index (χ2n) is 4.79. The molecule has 2 atom stereocenters. The highest BCUT2D eigenvalue weighted by Gasteiger charge is 2.23. The average molecular weight is 275 g/mol. The number of hydrogen-bond donors (Lipinski definition) is 1. The zero-order valence-corrected chi connectivity index (χ0v) is 12.3. The Morgan fingerprint density at radius 2 is 2.05 bits per heavy atom. The van der Waals surface area contributed by atoms with Gasteiger partial charge in [0.15, 0.2) is 0 Å². The van der Waals surface area contributed by atoms with Gasteiger partial charge < -0.3 is 5.73 Å². The molecule has 2 N–H and O–H groups in total. The summed E-state index contributed by atoms with van der Waals surface area (Å²) >= 11 is 1.79. The summed E-state index contributed by atoms with van der Waals surface area (Å²) in [6.07, 6.45) is 4.63. The number of nitrogens with two attached hydrogens (primary N) is 1. The number of rotatable bonds is 6. The van der Waals surface area contributed by atoms with Gasteiger partial charge in [-0.3, -0.25) is 9.88 Å². The van der Waals surface area contributed by atoms with E-state index in [-0.39, 0.29) is 12.1 Å². The second kappa shape index (κ2) is 6.80. The molecule has 4 heteroatoms. The third-order valence-corrected chi connectivity index (χ3v) is 4.25. The first-order valence-electron chi connectivity index (χ1n) is 6.60. The van der Waals surface area contributed by atoms with E-state index < -0.39 is 0 Å². The summed E-state index contributed by atoms with van der Waals surface area (Å²) < 4.78 is 0. The smallest absolute Gasteiger partial charge is 0.0501 e. The van der Waals surface area contributed by atoms with Gasteiger partial charge in [0.05, 0.1) is 6.04 Å². The van der Waals surface area contributed by atoms with E-state index in [1.165, 1.54) is 10.4 Å². The molecule has 2 aromatic heterocycles. The second-order valence-corrected chi connectivity index (χ2v) is 5.82. The minimum atomic E-state index is 0.132. The van der Waals surface area contributed by atoms with Crippen molar-refractivity contribution >= 4 is 11.3 Å². The fraction of sp³-hybridized carbons (Fsp3) is 0.400. The zero-order valence-electron chi connectivity index (χ0n) is 11.5. The molecule has 0 bridgehead atoms. The topological polar surface area (TPSA) is 42.1 Å². The molecule has 0 spiro atoms. The molecule has 0 amide bonds. The maximum absolute atomic E-state index is 6.32. The van der Waals surface area contributed by atoms with E-state index in [0.29, 0.717) is 0 Å². The zero-order chi connectivity index (χ0) is 13.7. The predicted molar refractivity (Wildman–Crippen MR) is 81.0 cm³/mol. The Labute approximate surface area is 119 Å². The van der Waals surface area contributed by atoms with Gasteiger partial charge in [0.25, 0.3) is 0 Å². The van der Waals surface area contributed by atoms with Crippen LogP contribution >= 0.6 is 11.3 Å². The Kier molecular flexibility index (Phi) is 5.07. The van der Waals surface area contributed by atoms with E-state index in [1.807, 2.05) is 12.4 Å². The third kappa shape index (κ3) is 3.62. The molecule has 3 nitrogen and oxygen atoms in total. The van der Waals surface area contributed by atoms with Gasteiger partial charge in [0, 0.05) is 29.9 Å². The Balaban J connectivity index is 2.18. The highest BCUT2D eigenvalue weighted by Crippen LogP contribution is 2.25. The Bertz CT molecular complexity index is 469. The van der Waals surface area contributed by atoms with Crippen molar-refractivity contribution in [2.75, 3.05) is 7.05 Å². The van der Waals surface area contributed by atoms with Crippen LogP contribution in [0.25, 0.3) is 0 Å². The summed E-state index contributed by atoms with van der Waals surface area (Å²) in [6, 6.07) is 8.75. The lowest BCUT2D eigenvalue weighted by Crippen LogP contribution is -2.38. The summed E-state index contributed by atoms with van der Waals surface area (Å²) in [4.78, 5) is 7.79. The first-order chi connectivity index (χ1) is 9.22. The maximum atomic E-state index is 6.32. The van der Waals surface area contributed by atoms with Gasteiger partial charge in [-0.15, -0.1) is 11.3 Å². The Morgan fingerprint density at radius 1 is 1.32 bits per heavy atom. The van der Waals surface area contributed by atoms with Crippen LogP contribution in [0.1, 0.15) is 29.8 Å². The molecule has 102 valence electrons. The van der Waals surface area contributed by atoms with Crippen LogP contribution in [0.5, 0.6) is 0 Å². The van der Waals surface area contributed by atoms with Gasteiger partial charge in [0.1, 0.15) is 0 Å². The van der Waals surface area contributed by atoms with Gasteiger partial charge in [0.2, 0.25) is 0 Å². The fourth-order valence-electron chi connectivity index (χ4n) is 2.36. The van der Waals surface area contributed by atoms with Crippen molar-refractivity contribution in [2.45, 2.75) is 32.0 Å². The SMILES string of the molecule is CCC(N)C(c1ccncc1)N(C)Cc1cccs1. The quantitative estimate of drug-likeness (QED) is 0.881. The van der Waals surface area contributed by atoms with Crippen LogP contribution in [0.4, 0.5) is 0 Å². The molecule has 0 radical (unpaired) electrons. The molecule has 2 rings (SSSR count). The molecule has 0 aromatic carbocycles. The van der Waals surface area contributed by atoms with Crippen molar-refractivity contribution in [3.8, 4) is 0 Å². The predicted octanol–water partition coefficient (Wildman–Crippen LogP) is 3.05. The van der Waals surface area contributed by atoms with Crippen LogP contribution in [0.15, 0.2) is 42.0 Å². The van der Waals surface area contributed by atoms with Crippen LogP contribution in [-0.4, -0.2) is 23.0 Å². The Morgan fingerprint density at radius 3 is 2.63 bits per heavy atom. The molecular weight excluding hydrogens is 254 g/mol. The third-order valence-electron chi connectivity index (χ3n) is 3.38. The normalized spacial score (nSPS) is 14.5. The molecule has 0 aliphatic rings. The molecule has 0 aliphatic heterocycles. The number of thiophene rings is 1. The lowest BCUT2D eigenvalue weighted by atomic mass is 9.97. The minimum Gasteiger partial charge on any atom is -0.326 e. The van der Waals surface area contributed by atoms with E-state index in [9.17, 15) is 0 Å². The number of aromatic nitrogens is 1. The van der Waals surface area contributed by atoms with Crippen molar-refractivity contribution in [2.24, 2.45) is 5.73 Å². The van der Waals surface area contributed by atoms with E-state index >= 15 is 0 Å². The highest BCUT2D eigenvalue weighted by atomic mass is 32.1. The van der Waals surface area contributed by atoms with E-state index in [2.05, 4.69) is 53.5 Å². The highest BCUT2D eigenvalue weighted by molar-refractivity contribution is 7.09. The van der Waals surface area contributed by atoms with Gasteiger partial charge in [-0.1, -0.05) is 13.0 Å². The molecule has 0 fully saturated rings. The van der Waals surface area contributed by atoms with Crippen molar-refractivity contribution in [3.63, 3.8) is 0 Å². The molecule has 0 saturated carbocycles. The van der Waals surface area contributed by atoms with E-state index in [0.717, 1.165) is 13.0 Å². The van der Waals surface area contributed by atoms with Gasteiger partial charge in [-0.2, -0.15) is 0 Å². The van der Waals surface area contributed by atoms with E-state index in [1.54, 1.807) is 11.3 Å². The standard InChI is InChI=1S/C15H21N3S/c1-3-14(16)15(12-6-8-17-9-7-12)18(2)11-13-5-4-10-19-13/h4-10,14-15H,3,11,16H2,1-2H3. The van der Waals surface area contributed by atoms with Crippen molar-refractivity contribution < 1.29 is 0 Å². The van der Waals surface area contributed by atoms with Gasteiger partial charge >= 0.3 is 0 Å². The Hall–Kier alpha value is -1.23. The molecule has 2 heterocycles. The summed E-state index contributed by atoms with van der Waals surface area (Å²) in [6.45, 7) is 3.07. The van der Waals surface area contributed by atoms with E-state index in [4.69, 9.17) is 5.73 Å². The molecule has 2 unspecified atom stereocenters. The molecule has 19 heavy (non-hydrogen) atoms. The minimum absolute atomic E-state index is 0.132. The summed E-state index contributed by atoms with van der Waals surface area (Å²) in [5.74, 6) is 0. The van der Waals surface area contributed by atoms with Gasteiger partial charge in [-0.25, -0.2) is 0 Å².